The maximum Gasteiger partial charge on any atom is 2.00 e. The second-order valence-corrected chi connectivity index (χ2v) is 7.44. The van der Waals surface area contributed by atoms with Crippen LogP contribution in [0.5, 0.6) is 0 Å². The first-order chi connectivity index (χ1) is 14.6. The van der Waals surface area contributed by atoms with Crippen LogP contribution < -0.4 is 0 Å². The number of ketones is 2. The molecule has 4 rings (SSSR count). The van der Waals surface area contributed by atoms with Gasteiger partial charge in [0.2, 0.25) is 0 Å². The zero-order valence-corrected chi connectivity index (χ0v) is 18.8. The van der Waals surface area contributed by atoms with Crippen molar-refractivity contribution in [2.45, 2.75) is 18.8 Å². The smallest absolute Gasteiger partial charge is 0.299 e. The van der Waals surface area contributed by atoms with Gasteiger partial charge in [-0.15, -0.1) is 0 Å². The first-order valence-electron chi connectivity index (χ1n) is 9.89. The summed E-state index contributed by atoms with van der Waals surface area (Å²) in [7, 11) is 0. The topological polar surface area (TPSA) is 34.1 Å². The summed E-state index contributed by atoms with van der Waals surface area (Å²) in [5, 5.41) is 0.638. The second kappa shape index (κ2) is 13.9. The summed E-state index contributed by atoms with van der Waals surface area (Å²) in [4.78, 5) is 25.2. The minimum atomic E-state index is -0.174. The zero-order valence-electron chi connectivity index (χ0n) is 16.9. The van der Waals surface area contributed by atoms with E-state index in [-0.39, 0.29) is 41.0 Å². The molecule has 0 bridgehead atoms. The van der Waals surface area contributed by atoms with Gasteiger partial charge in [-0.3, -0.25) is 9.59 Å². The fraction of sp³-hybridized carbons (Fsp3) is 0.111. The quantitative estimate of drug-likeness (QED) is 0.363. The molecule has 2 fully saturated rings. The molecule has 2 aromatic rings. The van der Waals surface area contributed by atoms with Crippen molar-refractivity contribution in [1.29, 1.82) is 0 Å². The third kappa shape index (κ3) is 8.56. The molecule has 1 unspecified atom stereocenters. The number of hydrogen-bond donors (Lipinski definition) is 0. The molecule has 0 aromatic heterocycles. The van der Waals surface area contributed by atoms with E-state index in [1.54, 1.807) is 37.1 Å². The Morgan fingerprint density at radius 3 is 1.74 bits per heavy atom. The minimum absolute atomic E-state index is 0. The van der Waals surface area contributed by atoms with Gasteiger partial charge in [0, 0.05) is 29.3 Å². The van der Waals surface area contributed by atoms with Gasteiger partial charge in [-0.2, -0.15) is 0 Å². The molecule has 2 aliphatic rings. The van der Waals surface area contributed by atoms with Crippen LogP contribution in [0.1, 0.15) is 34.7 Å². The predicted molar refractivity (Wildman–Crippen MR) is 121 cm³/mol. The molecule has 0 N–H and O–H groups in total. The fourth-order valence-corrected chi connectivity index (χ4v) is 3.36. The molecular formula is C27H23ClFeO2+2. The third-order valence-electron chi connectivity index (χ3n) is 4.84. The van der Waals surface area contributed by atoms with Crippen molar-refractivity contribution in [3.05, 3.63) is 134 Å². The van der Waals surface area contributed by atoms with Crippen LogP contribution in [0.2, 0.25) is 5.02 Å². The summed E-state index contributed by atoms with van der Waals surface area (Å²) < 4.78 is 0. The number of carbonyl (C=O) groups excluding carboxylic acids is 2. The molecule has 0 heterocycles. The van der Waals surface area contributed by atoms with Gasteiger partial charge in [-0.25, -0.2) is 0 Å². The maximum absolute atomic E-state index is 12.6. The van der Waals surface area contributed by atoms with Gasteiger partial charge in [0.15, 0.2) is 5.78 Å². The van der Waals surface area contributed by atoms with Crippen molar-refractivity contribution in [2.75, 3.05) is 0 Å². The Hall–Kier alpha value is -1.41. The first-order valence-corrected chi connectivity index (χ1v) is 10.3. The molecule has 0 amide bonds. The number of carbonyl (C=O) groups is 2. The van der Waals surface area contributed by atoms with Gasteiger partial charge >= 0.3 is 17.1 Å². The van der Waals surface area contributed by atoms with Crippen LogP contribution in [0, 0.1) is 63.7 Å². The Labute approximate surface area is 202 Å². The molecule has 31 heavy (non-hydrogen) atoms. The second-order valence-electron chi connectivity index (χ2n) is 7.00. The maximum atomic E-state index is 12.6. The standard InChI is InChI=1S/C22H18ClO2.C5H5.Fe/c23-20-12-10-16(11-13-20)19(15-22(25)18-8-4-5-9-18)14-21(24)17-6-2-1-3-7-17;1-2-4-5-3-1;/h1-13,19H,14-15H2;1-5H;/q;;+2. The summed E-state index contributed by atoms with van der Waals surface area (Å²) >= 11 is 5.97. The van der Waals surface area contributed by atoms with E-state index >= 15 is 0 Å². The molecule has 0 aliphatic heterocycles. The van der Waals surface area contributed by atoms with Crippen molar-refractivity contribution in [3.63, 3.8) is 0 Å². The SMILES string of the molecule is O=C(CC(CC(=O)c1ccccc1)c1ccc(Cl)cc1)[C]1[CH][CH][CH][CH]1.[CH]1[CH][CH][CH][CH]1.[Fe+2]. The molecule has 2 aromatic carbocycles. The van der Waals surface area contributed by atoms with Crippen molar-refractivity contribution < 1.29 is 26.7 Å². The molecule has 4 heteroatoms. The van der Waals surface area contributed by atoms with Crippen LogP contribution in [0.25, 0.3) is 0 Å². The van der Waals surface area contributed by atoms with Crippen molar-refractivity contribution >= 4 is 23.2 Å². The molecule has 2 saturated carbocycles. The van der Waals surface area contributed by atoms with Crippen molar-refractivity contribution in [3.8, 4) is 0 Å². The predicted octanol–water partition coefficient (Wildman–Crippen LogP) is 6.08. The monoisotopic (exact) mass is 470 g/mol. The van der Waals surface area contributed by atoms with E-state index in [4.69, 9.17) is 11.6 Å². The van der Waals surface area contributed by atoms with Crippen molar-refractivity contribution in [1.82, 2.24) is 0 Å². The molecule has 156 valence electrons. The van der Waals surface area contributed by atoms with E-state index in [0.29, 0.717) is 22.9 Å². The van der Waals surface area contributed by atoms with E-state index in [1.807, 2.05) is 75.3 Å². The molecular weight excluding hydrogens is 448 g/mol. The largest absolute Gasteiger partial charge is 2.00 e. The van der Waals surface area contributed by atoms with Gasteiger partial charge in [0.1, 0.15) is 5.78 Å². The molecule has 0 saturated heterocycles. The fourth-order valence-electron chi connectivity index (χ4n) is 3.23. The summed E-state index contributed by atoms with van der Waals surface area (Å²) in [6.07, 6.45) is 17.9. The molecule has 2 nitrogen and oxygen atoms in total. The number of hydrogen-bond acceptors (Lipinski definition) is 2. The Morgan fingerprint density at radius 1 is 0.677 bits per heavy atom. The van der Waals surface area contributed by atoms with Crippen molar-refractivity contribution in [2.24, 2.45) is 0 Å². The van der Waals surface area contributed by atoms with E-state index in [2.05, 4.69) is 0 Å². The Bertz CT molecular complexity index is 786. The Kier molecular flexibility index (Phi) is 11.6. The van der Waals surface area contributed by atoms with E-state index in [1.165, 1.54) is 0 Å². The molecule has 2 aliphatic carbocycles. The van der Waals surface area contributed by atoms with Crippen LogP contribution in [0.4, 0.5) is 0 Å². The summed E-state index contributed by atoms with van der Waals surface area (Å²) in [6, 6.07) is 16.6. The van der Waals surface area contributed by atoms with Crippen LogP contribution in [0.3, 0.4) is 0 Å². The van der Waals surface area contributed by atoms with Gasteiger partial charge < -0.3 is 0 Å². The number of rotatable bonds is 7. The van der Waals surface area contributed by atoms with E-state index in [0.717, 1.165) is 5.56 Å². The van der Waals surface area contributed by atoms with E-state index in [9.17, 15) is 9.59 Å². The third-order valence-corrected chi connectivity index (χ3v) is 5.09. The normalized spacial score (nSPS) is 16.7. The molecule has 1 atom stereocenters. The average Bonchev–Trinajstić information content (AvgIpc) is 3.51. The van der Waals surface area contributed by atoms with Gasteiger partial charge in [0.05, 0.1) is 0 Å². The first kappa shape index (κ1) is 25.8. The minimum Gasteiger partial charge on any atom is -0.299 e. The van der Waals surface area contributed by atoms with Crippen LogP contribution in [-0.4, -0.2) is 11.6 Å². The number of benzene rings is 2. The summed E-state index contributed by atoms with van der Waals surface area (Å²) in [6.45, 7) is 0. The zero-order chi connectivity index (χ0) is 21.2. The molecule has 0 spiro atoms. The number of Topliss-reactive ketones (excluding diaryl/α,β-unsaturated/α-hetero) is 2. The summed E-state index contributed by atoms with van der Waals surface area (Å²) in [5.74, 6) is 0.597. The Morgan fingerprint density at radius 2 is 1.19 bits per heavy atom. The van der Waals surface area contributed by atoms with E-state index < -0.39 is 0 Å². The van der Waals surface area contributed by atoms with Gasteiger partial charge in [-0.1, -0.05) is 54.1 Å². The Balaban J connectivity index is 0.000000501. The van der Waals surface area contributed by atoms with Gasteiger partial charge in [-0.05, 0) is 81.4 Å². The van der Waals surface area contributed by atoms with Gasteiger partial charge in [0.25, 0.3) is 0 Å². The summed E-state index contributed by atoms with van der Waals surface area (Å²) in [5.41, 5.74) is 1.62. The average molecular weight is 471 g/mol. The number of halogens is 1. The molecule has 10 radical (unpaired) electrons. The van der Waals surface area contributed by atoms with Crippen LogP contribution >= 0.6 is 11.6 Å². The van der Waals surface area contributed by atoms with Crippen LogP contribution in [-0.2, 0) is 21.9 Å². The van der Waals surface area contributed by atoms with Crippen LogP contribution in [0.15, 0.2) is 54.6 Å².